The minimum absolute atomic E-state index is 0.195. The Balaban J connectivity index is 1.48. The molecule has 0 spiro atoms. The SMILES string of the molecule is COCCNc1cc2c(cc1C)c(N1CCC(c3nc4cc(C)ccc4o3)CC1)c(C#N)c(=O)n2C. The van der Waals surface area contributed by atoms with Crippen LogP contribution in [0.4, 0.5) is 11.4 Å². The number of piperidine rings is 1. The highest BCUT2D eigenvalue weighted by molar-refractivity contribution is 5.97. The van der Waals surface area contributed by atoms with Crippen LogP contribution >= 0.6 is 0 Å². The number of fused-ring (bicyclic) bond motifs is 2. The minimum atomic E-state index is -0.275. The monoisotopic (exact) mass is 485 g/mol. The van der Waals surface area contributed by atoms with Gasteiger partial charge in [0, 0.05) is 50.8 Å². The summed E-state index contributed by atoms with van der Waals surface area (Å²) < 4.78 is 12.8. The number of nitrogens with one attached hydrogen (secondary N) is 1. The number of oxazole rings is 1. The molecule has 8 nitrogen and oxygen atoms in total. The molecule has 186 valence electrons. The highest BCUT2D eigenvalue weighted by atomic mass is 16.5. The van der Waals surface area contributed by atoms with Gasteiger partial charge in [-0.3, -0.25) is 4.79 Å². The molecule has 2 aromatic carbocycles. The summed E-state index contributed by atoms with van der Waals surface area (Å²) in [7, 11) is 3.40. The molecule has 2 aromatic heterocycles. The average Bonchev–Trinajstić information content (AvgIpc) is 3.30. The Hall–Kier alpha value is -3.83. The van der Waals surface area contributed by atoms with Crippen LogP contribution in [0.15, 0.2) is 39.5 Å². The van der Waals surface area contributed by atoms with Crippen molar-refractivity contribution in [3.8, 4) is 6.07 Å². The van der Waals surface area contributed by atoms with Crippen molar-refractivity contribution in [2.24, 2.45) is 7.05 Å². The molecule has 1 saturated heterocycles. The van der Waals surface area contributed by atoms with Crippen LogP contribution in [0.1, 0.15) is 41.3 Å². The van der Waals surface area contributed by atoms with Crippen molar-refractivity contribution in [1.82, 2.24) is 9.55 Å². The summed E-state index contributed by atoms with van der Waals surface area (Å²) in [5.74, 6) is 0.975. The number of benzene rings is 2. The van der Waals surface area contributed by atoms with E-state index in [0.29, 0.717) is 26.2 Å². The Kier molecular flexibility index (Phi) is 6.42. The van der Waals surface area contributed by atoms with Crippen LogP contribution in [-0.4, -0.2) is 42.9 Å². The van der Waals surface area contributed by atoms with E-state index in [2.05, 4.69) is 22.4 Å². The number of anilines is 2. The summed E-state index contributed by atoms with van der Waals surface area (Å²) in [5, 5.41) is 14.3. The molecule has 1 N–H and O–H groups in total. The molecule has 3 heterocycles. The minimum Gasteiger partial charge on any atom is -0.440 e. The molecular weight excluding hydrogens is 454 g/mol. The van der Waals surface area contributed by atoms with E-state index in [-0.39, 0.29) is 17.0 Å². The van der Waals surface area contributed by atoms with Gasteiger partial charge < -0.3 is 23.9 Å². The first-order valence-electron chi connectivity index (χ1n) is 12.3. The standard InChI is InChI=1S/C28H31N5O3/c1-17-5-6-25-23(13-17)31-27(36-25)19-7-10-33(11-8-19)26-20-14-18(2)22(30-9-12-35-4)15-24(20)32(3)28(34)21(26)16-29/h5-6,13-15,19,30H,7-12H2,1-4H3. The molecule has 5 rings (SSSR count). The van der Waals surface area contributed by atoms with Gasteiger partial charge in [-0.2, -0.15) is 5.26 Å². The predicted molar refractivity (Wildman–Crippen MR) is 142 cm³/mol. The Morgan fingerprint density at radius 3 is 2.72 bits per heavy atom. The van der Waals surface area contributed by atoms with Crippen molar-refractivity contribution < 1.29 is 9.15 Å². The van der Waals surface area contributed by atoms with Crippen LogP contribution in [0.2, 0.25) is 0 Å². The molecular formula is C28H31N5O3. The number of ether oxygens (including phenoxy) is 1. The van der Waals surface area contributed by atoms with Gasteiger partial charge in [0.05, 0.1) is 17.8 Å². The molecule has 36 heavy (non-hydrogen) atoms. The fourth-order valence-electron chi connectivity index (χ4n) is 5.16. The smallest absolute Gasteiger partial charge is 0.270 e. The number of nitrogens with zero attached hydrogens (tertiary/aromatic N) is 4. The van der Waals surface area contributed by atoms with Crippen molar-refractivity contribution in [3.05, 3.63) is 63.3 Å². The molecule has 0 saturated carbocycles. The number of hydrogen-bond acceptors (Lipinski definition) is 7. The van der Waals surface area contributed by atoms with Crippen molar-refractivity contribution in [2.75, 3.05) is 43.6 Å². The average molecular weight is 486 g/mol. The summed E-state index contributed by atoms with van der Waals surface area (Å²) in [4.78, 5) is 20.1. The van der Waals surface area contributed by atoms with Gasteiger partial charge in [0.25, 0.3) is 5.56 Å². The van der Waals surface area contributed by atoms with E-state index in [1.165, 1.54) is 0 Å². The van der Waals surface area contributed by atoms with Gasteiger partial charge in [-0.15, -0.1) is 0 Å². The van der Waals surface area contributed by atoms with Gasteiger partial charge in [0.15, 0.2) is 11.5 Å². The van der Waals surface area contributed by atoms with Gasteiger partial charge in [-0.25, -0.2) is 4.98 Å². The number of aromatic nitrogens is 2. The molecule has 0 bridgehead atoms. The number of methoxy groups -OCH3 is 1. The van der Waals surface area contributed by atoms with Gasteiger partial charge in [0.1, 0.15) is 17.1 Å². The zero-order chi connectivity index (χ0) is 25.4. The molecule has 1 fully saturated rings. The summed E-state index contributed by atoms with van der Waals surface area (Å²) in [6, 6.07) is 12.3. The molecule has 8 heteroatoms. The molecule has 0 unspecified atom stereocenters. The molecule has 1 aliphatic heterocycles. The van der Waals surface area contributed by atoms with E-state index in [1.54, 1.807) is 18.7 Å². The maximum atomic E-state index is 13.2. The lowest BCUT2D eigenvalue weighted by Gasteiger charge is -2.34. The quantitative estimate of drug-likeness (QED) is 0.398. The van der Waals surface area contributed by atoms with Crippen LogP contribution in [0, 0.1) is 25.2 Å². The van der Waals surface area contributed by atoms with E-state index in [4.69, 9.17) is 14.1 Å². The Morgan fingerprint density at radius 1 is 1.22 bits per heavy atom. The van der Waals surface area contributed by atoms with E-state index in [1.807, 2.05) is 38.1 Å². The lowest BCUT2D eigenvalue weighted by molar-refractivity contribution is 0.211. The van der Waals surface area contributed by atoms with E-state index in [0.717, 1.165) is 63.2 Å². The number of pyridine rings is 1. The third kappa shape index (κ3) is 4.20. The van der Waals surface area contributed by atoms with Gasteiger partial charge in [0.2, 0.25) is 0 Å². The summed E-state index contributed by atoms with van der Waals surface area (Å²) in [6.07, 6.45) is 1.67. The Bertz CT molecular complexity index is 1540. The van der Waals surface area contributed by atoms with E-state index in [9.17, 15) is 10.1 Å². The normalized spacial score (nSPS) is 14.5. The Morgan fingerprint density at radius 2 is 2.00 bits per heavy atom. The van der Waals surface area contributed by atoms with Crippen molar-refractivity contribution in [3.63, 3.8) is 0 Å². The molecule has 0 radical (unpaired) electrons. The lowest BCUT2D eigenvalue weighted by Crippen LogP contribution is -2.36. The first-order valence-corrected chi connectivity index (χ1v) is 12.3. The summed E-state index contributed by atoms with van der Waals surface area (Å²) >= 11 is 0. The van der Waals surface area contributed by atoms with Gasteiger partial charge >= 0.3 is 0 Å². The third-order valence-corrected chi connectivity index (χ3v) is 7.17. The highest BCUT2D eigenvalue weighted by Crippen LogP contribution is 2.37. The predicted octanol–water partition coefficient (Wildman–Crippen LogP) is 4.61. The third-order valence-electron chi connectivity index (χ3n) is 7.17. The zero-order valence-corrected chi connectivity index (χ0v) is 21.2. The molecule has 0 amide bonds. The fourth-order valence-corrected chi connectivity index (χ4v) is 5.16. The number of rotatable bonds is 6. The van der Waals surface area contributed by atoms with Crippen LogP contribution in [-0.2, 0) is 11.8 Å². The van der Waals surface area contributed by atoms with E-state index >= 15 is 0 Å². The summed E-state index contributed by atoms with van der Waals surface area (Å²) in [5.41, 5.74) is 6.32. The summed E-state index contributed by atoms with van der Waals surface area (Å²) in [6.45, 7) is 6.77. The van der Waals surface area contributed by atoms with Crippen LogP contribution < -0.4 is 15.8 Å². The highest BCUT2D eigenvalue weighted by Gasteiger charge is 2.28. The van der Waals surface area contributed by atoms with Crippen molar-refractivity contribution >= 4 is 33.4 Å². The van der Waals surface area contributed by atoms with E-state index < -0.39 is 0 Å². The second-order valence-corrected chi connectivity index (χ2v) is 9.59. The van der Waals surface area contributed by atoms with Crippen LogP contribution in [0.5, 0.6) is 0 Å². The second-order valence-electron chi connectivity index (χ2n) is 9.59. The molecule has 0 aliphatic carbocycles. The first-order chi connectivity index (χ1) is 17.4. The number of aryl methyl sites for hydroxylation is 3. The van der Waals surface area contributed by atoms with Crippen molar-refractivity contribution in [2.45, 2.75) is 32.6 Å². The van der Waals surface area contributed by atoms with Crippen LogP contribution in [0.3, 0.4) is 0 Å². The van der Waals surface area contributed by atoms with Crippen LogP contribution in [0.25, 0.3) is 22.0 Å². The largest absolute Gasteiger partial charge is 0.440 e. The first kappa shape index (κ1) is 23.9. The second kappa shape index (κ2) is 9.67. The maximum absolute atomic E-state index is 13.2. The molecule has 4 aromatic rings. The molecule has 0 atom stereocenters. The number of hydrogen-bond donors (Lipinski definition) is 1. The van der Waals surface area contributed by atoms with Gasteiger partial charge in [-0.05, 0) is 62.1 Å². The Labute approximate surface area is 210 Å². The molecule has 1 aliphatic rings. The maximum Gasteiger partial charge on any atom is 0.270 e. The zero-order valence-electron chi connectivity index (χ0n) is 21.2. The lowest BCUT2D eigenvalue weighted by atomic mass is 9.95. The van der Waals surface area contributed by atoms with Gasteiger partial charge in [-0.1, -0.05) is 6.07 Å². The topological polar surface area (TPSA) is 96.3 Å². The van der Waals surface area contributed by atoms with Crippen molar-refractivity contribution in [1.29, 1.82) is 5.26 Å². The fraction of sp³-hybridized carbons (Fsp3) is 0.393. The number of nitriles is 1.